The molecule has 0 N–H and O–H groups in total. The maximum Gasteiger partial charge on any atom is 0.177 e. The molecule has 0 atom stereocenters. The van der Waals surface area contributed by atoms with Crippen LogP contribution in [0, 0.1) is 0 Å². The average Bonchev–Trinajstić information content (AvgIpc) is 2.52. The molecule has 0 bridgehead atoms. The maximum atomic E-state index is 10.6. The van der Waals surface area contributed by atoms with Gasteiger partial charge in [0.25, 0.3) is 0 Å². The van der Waals surface area contributed by atoms with Crippen LogP contribution in [0.3, 0.4) is 0 Å². The van der Waals surface area contributed by atoms with Gasteiger partial charge in [0.2, 0.25) is 0 Å². The monoisotopic (exact) mass is 367 g/mol. The van der Waals surface area contributed by atoms with Crippen molar-refractivity contribution in [2.24, 2.45) is 5.10 Å². The second-order valence-corrected chi connectivity index (χ2v) is 7.20. The van der Waals surface area contributed by atoms with Crippen LogP contribution in [0.15, 0.2) is 53.9 Å². The number of pyridine rings is 1. The lowest BCUT2D eigenvalue weighted by Crippen LogP contribution is -2.34. The van der Waals surface area contributed by atoms with Crippen molar-refractivity contribution in [3.63, 3.8) is 0 Å². The van der Waals surface area contributed by atoms with Crippen LogP contribution < -0.4 is 9.58 Å². The van der Waals surface area contributed by atoms with Gasteiger partial charge in [-0.05, 0) is 30.3 Å². The number of aromatic nitrogens is 1. The molecule has 0 fully saturated rings. The summed E-state index contributed by atoms with van der Waals surface area (Å²) in [5, 5.41) is 6.75. The zero-order valence-corrected chi connectivity index (χ0v) is 14.7. The van der Waals surface area contributed by atoms with Crippen LogP contribution in [0.2, 0.25) is 5.02 Å². The van der Waals surface area contributed by atoms with Crippen LogP contribution >= 0.6 is 11.6 Å². The van der Waals surface area contributed by atoms with Gasteiger partial charge in [0.1, 0.15) is 6.54 Å². The first-order valence-electron chi connectivity index (χ1n) is 7.29. The van der Waals surface area contributed by atoms with Crippen molar-refractivity contribution in [3.05, 3.63) is 59.4 Å². The summed E-state index contributed by atoms with van der Waals surface area (Å²) in [5.41, 5.74) is 1.77. The Balaban J connectivity index is 1.99. The molecule has 2 rings (SSSR count). The minimum absolute atomic E-state index is 0.280. The van der Waals surface area contributed by atoms with Crippen LogP contribution in [0.25, 0.3) is 0 Å². The Kier molecular flexibility index (Phi) is 6.30. The molecule has 128 valence electrons. The van der Waals surface area contributed by atoms with Crippen molar-refractivity contribution < 1.29 is 17.5 Å². The van der Waals surface area contributed by atoms with E-state index in [1.165, 1.54) is 0 Å². The molecule has 0 unspecified atom stereocenters. The fourth-order valence-corrected chi connectivity index (χ4v) is 2.67. The Bertz CT molecular complexity index is 808. The lowest BCUT2D eigenvalue weighted by Gasteiger charge is -2.12. The van der Waals surface area contributed by atoms with Gasteiger partial charge >= 0.3 is 0 Å². The molecule has 2 aromatic rings. The van der Waals surface area contributed by atoms with E-state index in [2.05, 4.69) is 5.10 Å². The van der Waals surface area contributed by atoms with E-state index >= 15 is 0 Å². The van der Waals surface area contributed by atoms with Crippen molar-refractivity contribution in [3.8, 4) is 0 Å². The quantitative estimate of drug-likeness (QED) is 0.325. The second-order valence-electron chi connectivity index (χ2n) is 5.24. The largest absolute Gasteiger partial charge is 0.748 e. The molecule has 24 heavy (non-hydrogen) atoms. The van der Waals surface area contributed by atoms with Crippen molar-refractivity contribution in [2.45, 2.75) is 13.0 Å². The van der Waals surface area contributed by atoms with Crippen LogP contribution in [0.4, 0.5) is 5.69 Å². The molecule has 0 aliphatic heterocycles. The number of halogens is 1. The number of hydrogen-bond acceptors (Lipinski definition) is 5. The Morgan fingerprint density at radius 2 is 2.00 bits per heavy atom. The summed E-state index contributed by atoms with van der Waals surface area (Å²) in [7, 11) is -2.34. The standard InChI is InChI=1S/C16H18ClN3O3S/c1-19(16-7-5-15(17)6-8-16)18-12-14-4-2-9-20(13-14)10-3-11-24(21,22)23/h2,4-9,12-13H,3,10-11H2,1H3/b18-12+. The molecule has 8 heteroatoms. The topological polar surface area (TPSA) is 76.7 Å². The van der Waals surface area contributed by atoms with Crippen molar-refractivity contribution in [1.82, 2.24) is 0 Å². The highest BCUT2D eigenvalue weighted by molar-refractivity contribution is 7.85. The van der Waals surface area contributed by atoms with E-state index in [-0.39, 0.29) is 12.2 Å². The van der Waals surface area contributed by atoms with E-state index in [0.717, 1.165) is 11.3 Å². The van der Waals surface area contributed by atoms with Crippen LogP contribution in [-0.2, 0) is 16.7 Å². The molecule has 6 nitrogen and oxygen atoms in total. The fraction of sp³-hybridized carbons (Fsp3) is 0.250. The van der Waals surface area contributed by atoms with Crippen LogP contribution in [0.1, 0.15) is 12.0 Å². The van der Waals surface area contributed by atoms with Gasteiger partial charge < -0.3 is 4.55 Å². The summed E-state index contributed by atoms with van der Waals surface area (Å²) in [4.78, 5) is 0. The van der Waals surface area contributed by atoms with Crippen molar-refractivity contribution in [1.29, 1.82) is 0 Å². The zero-order chi connectivity index (χ0) is 17.6. The van der Waals surface area contributed by atoms with Crippen LogP contribution in [-0.4, -0.2) is 32.0 Å². The van der Waals surface area contributed by atoms with Crippen LogP contribution in [0.5, 0.6) is 0 Å². The number of nitrogens with zero attached hydrogens (tertiary/aromatic N) is 3. The third-order valence-electron chi connectivity index (χ3n) is 3.27. The van der Waals surface area contributed by atoms with Gasteiger partial charge in [-0.1, -0.05) is 11.6 Å². The SMILES string of the molecule is CN(/N=C/c1ccc[n+](CCCS(=O)(=O)[O-])c1)c1ccc(Cl)cc1. The first-order chi connectivity index (χ1) is 11.3. The predicted molar refractivity (Wildman–Crippen MR) is 93.3 cm³/mol. The molecule has 0 spiro atoms. The van der Waals surface area contributed by atoms with E-state index in [9.17, 15) is 13.0 Å². The Labute approximate surface area is 146 Å². The third-order valence-corrected chi connectivity index (χ3v) is 4.31. The molecular formula is C16H18ClN3O3S. The Hall–Kier alpha value is -1.96. The van der Waals surface area contributed by atoms with E-state index in [4.69, 9.17) is 11.6 Å². The van der Waals surface area contributed by atoms with Gasteiger partial charge in [-0.2, -0.15) is 5.10 Å². The number of hydrazone groups is 1. The zero-order valence-electron chi connectivity index (χ0n) is 13.2. The average molecular weight is 368 g/mol. The van der Waals surface area contributed by atoms with Gasteiger partial charge in [0.15, 0.2) is 12.4 Å². The minimum atomic E-state index is -4.17. The summed E-state index contributed by atoms with van der Waals surface area (Å²) in [6.45, 7) is 0.455. The molecule has 0 amide bonds. The second kappa shape index (κ2) is 8.23. The van der Waals surface area contributed by atoms with E-state index in [0.29, 0.717) is 11.6 Å². The van der Waals surface area contributed by atoms with E-state index in [1.807, 2.05) is 48.3 Å². The van der Waals surface area contributed by atoms with E-state index < -0.39 is 10.1 Å². The highest BCUT2D eigenvalue weighted by Crippen LogP contribution is 2.16. The van der Waals surface area contributed by atoms with E-state index in [1.54, 1.807) is 23.4 Å². The van der Waals surface area contributed by atoms with Gasteiger partial charge in [0.05, 0.1) is 27.6 Å². The summed E-state index contributed by atoms with van der Waals surface area (Å²) in [5.74, 6) is -0.363. The lowest BCUT2D eigenvalue weighted by atomic mass is 10.3. The van der Waals surface area contributed by atoms with Gasteiger partial charge in [0, 0.05) is 30.3 Å². The minimum Gasteiger partial charge on any atom is -0.748 e. The Morgan fingerprint density at radius 3 is 2.67 bits per heavy atom. The highest BCUT2D eigenvalue weighted by Gasteiger charge is 2.04. The summed E-state index contributed by atoms with van der Waals surface area (Å²) in [6, 6.07) is 11.1. The fourth-order valence-electron chi connectivity index (χ4n) is 2.06. The number of anilines is 1. The summed E-state index contributed by atoms with van der Waals surface area (Å²) < 4.78 is 33.7. The lowest BCUT2D eigenvalue weighted by molar-refractivity contribution is -0.696. The number of rotatable bonds is 7. The number of hydrogen-bond donors (Lipinski definition) is 0. The van der Waals surface area contributed by atoms with Crippen molar-refractivity contribution >= 4 is 33.6 Å². The van der Waals surface area contributed by atoms with Crippen molar-refractivity contribution in [2.75, 3.05) is 17.8 Å². The molecule has 0 aliphatic rings. The summed E-state index contributed by atoms with van der Waals surface area (Å²) in [6.07, 6.45) is 5.64. The van der Waals surface area contributed by atoms with Gasteiger partial charge in [-0.3, -0.25) is 5.01 Å². The third kappa shape index (κ3) is 6.27. The molecule has 1 heterocycles. The molecular weight excluding hydrogens is 350 g/mol. The predicted octanol–water partition coefficient (Wildman–Crippen LogP) is 2.03. The molecule has 0 radical (unpaired) electrons. The number of aryl methyl sites for hydroxylation is 1. The molecule has 0 saturated carbocycles. The first-order valence-corrected chi connectivity index (χ1v) is 9.25. The normalized spacial score (nSPS) is 11.8. The molecule has 1 aromatic heterocycles. The number of benzene rings is 1. The highest BCUT2D eigenvalue weighted by atomic mass is 35.5. The first kappa shape index (κ1) is 18.4. The molecule has 1 aromatic carbocycles. The van der Waals surface area contributed by atoms with Gasteiger partial charge in [-0.25, -0.2) is 13.0 Å². The maximum absolute atomic E-state index is 10.6. The molecule has 0 aliphatic carbocycles. The molecule has 0 saturated heterocycles. The summed E-state index contributed by atoms with van der Waals surface area (Å²) >= 11 is 5.86. The smallest absolute Gasteiger partial charge is 0.177 e. The van der Waals surface area contributed by atoms with Gasteiger partial charge in [-0.15, -0.1) is 0 Å². The Morgan fingerprint density at radius 1 is 1.29 bits per heavy atom.